The van der Waals surface area contributed by atoms with Crippen LogP contribution in [0.1, 0.15) is 15.9 Å². The summed E-state index contributed by atoms with van der Waals surface area (Å²) in [6.07, 6.45) is 1.45. The minimum absolute atomic E-state index is 0.250. The molecule has 1 aromatic heterocycles. The average molecular weight is 310 g/mol. The van der Waals surface area contributed by atoms with Gasteiger partial charge < -0.3 is 14.5 Å². The highest BCUT2D eigenvalue weighted by molar-refractivity contribution is 9.10. The Morgan fingerprint density at radius 3 is 2.78 bits per heavy atom. The molecule has 5 heteroatoms. The lowest BCUT2D eigenvalue weighted by atomic mass is 10.2. The predicted molar refractivity (Wildman–Crippen MR) is 72.1 cm³/mol. The molecule has 2 rings (SSSR count). The SMILES string of the molecule is COc1ccc(C)cc1NC(=O)c1ccoc1Br. The number of rotatable bonds is 3. The Morgan fingerprint density at radius 2 is 2.17 bits per heavy atom. The van der Waals surface area contributed by atoms with Gasteiger partial charge in [0.1, 0.15) is 5.75 Å². The molecule has 1 aromatic carbocycles. The van der Waals surface area contributed by atoms with Crippen LogP contribution in [0.4, 0.5) is 5.69 Å². The molecule has 0 saturated carbocycles. The predicted octanol–water partition coefficient (Wildman–Crippen LogP) is 3.61. The highest BCUT2D eigenvalue weighted by Crippen LogP contribution is 2.27. The van der Waals surface area contributed by atoms with Crippen molar-refractivity contribution in [3.8, 4) is 5.75 Å². The summed E-state index contributed by atoms with van der Waals surface area (Å²) in [6, 6.07) is 7.18. The van der Waals surface area contributed by atoms with Gasteiger partial charge in [0.25, 0.3) is 5.91 Å². The Kier molecular flexibility index (Phi) is 3.72. The van der Waals surface area contributed by atoms with Crippen LogP contribution in [-0.4, -0.2) is 13.0 Å². The van der Waals surface area contributed by atoms with E-state index in [4.69, 9.17) is 9.15 Å². The van der Waals surface area contributed by atoms with E-state index in [-0.39, 0.29) is 5.91 Å². The molecule has 0 aliphatic carbocycles. The van der Waals surface area contributed by atoms with Crippen LogP contribution in [0.25, 0.3) is 0 Å². The van der Waals surface area contributed by atoms with E-state index in [0.717, 1.165) is 5.56 Å². The van der Waals surface area contributed by atoms with Crippen LogP contribution < -0.4 is 10.1 Å². The zero-order chi connectivity index (χ0) is 13.1. The lowest BCUT2D eigenvalue weighted by Gasteiger charge is -2.10. The number of anilines is 1. The highest BCUT2D eigenvalue weighted by Gasteiger charge is 2.14. The number of ether oxygens (including phenoxy) is 1. The van der Waals surface area contributed by atoms with E-state index in [1.165, 1.54) is 6.26 Å². The molecule has 1 heterocycles. The molecule has 1 amide bonds. The topological polar surface area (TPSA) is 51.5 Å². The van der Waals surface area contributed by atoms with E-state index >= 15 is 0 Å². The first kappa shape index (κ1) is 12.7. The maximum absolute atomic E-state index is 12.0. The number of methoxy groups -OCH3 is 1. The summed E-state index contributed by atoms with van der Waals surface area (Å²) in [4.78, 5) is 12.0. The smallest absolute Gasteiger partial charge is 0.260 e. The van der Waals surface area contributed by atoms with Crippen LogP contribution in [0.15, 0.2) is 39.6 Å². The molecule has 0 bridgehead atoms. The third-order valence-electron chi connectivity index (χ3n) is 2.47. The minimum Gasteiger partial charge on any atom is -0.495 e. The van der Waals surface area contributed by atoms with Crippen molar-refractivity contribution in [3.63, 3.8) is 0 Å². The van der Waals surface area contributed by atoms with Gasteiger partial charge in [0.05, 0.1) is 24.6 Å². The molecule has 0 radical (unpaired) electrons. The number of benzene rings is 1. The standard InChI is InChI=1S/C13H12BrNO3/c1-8-3-4-11(17-2)10(7-8)15-13(16)9-5-6-18-12(9)14/h3-7H,1-2H3,(H,15,16). The number of hydrogen-bond donors (Lipinski definition) is 1. The van der Waals surface area contributed by atoms with Gasteiger partial charge in [-0.15, -0.1) is 0 Å². The van der Waals surface area contributed by atoms with E-state index in [0.29, 0.717) is 21.7 Å². The number of carbonyl (C=O) groups is 1. The Hall–Kier alpha value is -1.75. The van der Waals surface area contributed by atoms with E-state index in [1.807, 2.05) is 25.1 Å². The summed E-state index contributed by atoms with van der Waals surface area (Å²) in [5.74, 6) is 0.369. The fraction of sp³-hybridized carbons (Fsp3) is 0.154. The van der Waals surface area contributed by atoms with Crippen molar-refractivity contribution in [2.24, 2.45) is 0 Å². The molecule has 0 unspecified atom stereocenters. The molecular weight excluding hydrogens is 298 g/mol. The second-order valence-corrected chi connectivity index (χ2v) is 4.49. The van der Waals surface area contributed by atoms with E-state index in [9.17, 15) is 4.79 Å². The number of nitrogens with one attached hydrogen (secondary N) is 1. The maximum atomic E-state index is 12.0. The van der Waals surface area contributed by atoms with Crippen LogP contribution in [-0.2, 0) is 0 Å². The first-order valence-electron chi connectivity index (χ1n) is 5.31. The molecule has 0 aliphatic heterocycles. The van der Waals surface area contributed by atoms with Gasteiger partial charge in [0.2, 0.25) is 0 Å². The monoisotopic (exact) mass is 309 g/mol. The Morgan fingerprint density at radius 1 is 1.39 bits per heavy atom. The maximum Gasteiger partial charge on any atom is 0.260 e. The van der Waals surface area contributed by atoms with Gasteiger partial charge in [-0.1, -0.05) is 6.07 Å². The molecule has 0 saturated heterocycles. The normalized spacial score (nSPS) is 10.2. The van der Waals surface area contributed by atoms with Gasteiger partial charge in [-0.25, -0.2) is 0 Å². The van der Waals surface area contributed by atoms with Crippen LogP contribution in [0, 0.1) is 6.92 Å². The molecule has 0 spiro atoms. The third-order valence-corrected chi connectivity index (χ3v) is 3.08. The summed E-state index contributed by atoms with van der Waals surface area (Å²) in [6.45, 7) is 1.95. The third kappa shape index (κ3) is 2.56. The highest BCUT2D eigenvalue weighted by atomic mass is 79.9. The van der Waals surface area contributed by atoms with E-state index in [2.05, 4.69) is 21.2 Å². The van der Waals surface area contributed by atoms with Crippen molar-refractivity contribution in [2.75, 3.05) is 12.4 Å². The Labute approximate surface area is 113 Å². The van der Waals surface area contributed by atoms with Gasteiger partial charge in [-0.2, -0.15) is 0 Å². The number of furan rings is 1. The minimum atomic E-state index is -0.250. The Bertz CT molecular complexity index is 577. The van der Waals surface area contributed by atoms with E-state index < -0.39 is 0 Å². The van der Waals surface area contributed by atoms with Crippen LogP contribution in [0.2, 0.25) is 0 Å². The van der Waals surface area contributed by atoms with Gasteiger partial charge >= 0.3 is 0 Å². The molecule has 1 N–H and O–H groups in total. The molecule has 2 aromatic rings. The number of halogens is 1. The van der Waals surface area contributed by atoms with Crippen LogP contribution in [0.3, 0.4) is 0 Å². The van der Waals surface area contributed by atoms with Crippen LogP contribution in [0.5, 0.6) is 5.75 Å². The van der Waals surface area contributed by atoms with Crippen molar-refractivity contribution in [3.05, 3.63) is 46.3 Å². The molecule has 18 heavy (non-hydrogen) atoms. The fourth-order valence-electron chi connectivity index (χ4n) is 1.56. The second-order valence-electron chi connectivity index (χ2n) is 3.77. The van der Waals surface area contributed by atoms with Gasteiger partial charge in [-0.05, 0) is 46.6 Å². The summed E-state index contributed by atoms with van der Waals surface area (Å²) >= 11 is 3.17. The number of hydrogen-bond acceptors (Lipinski definition) is 3. The largest absolute Gasteiger partial charge is 0.495 e. The average Bonchev–Trinajstić information content (AvgIpc) is 2.76. The van der Waals surface area contributed by atoms with Gasteiger partial charge in [0.15, 0.2) is 4.67 Å². The van der Waals surface area contributed by atoms with Crippen molar-refractivity contribution in [2.45, 2.75) is 6.92 Å². The lowest BCUT2D eigenvalue weighted by Crippen LogP contribution is -2.12. The fourth-order valence-corrected chi connectivity index (χ4v) is 1.99. The number of aryl methyl sites for hydroxylation is 1. The lowest BCUT2D eigenvalue weighted by molar-refractivity contribution is 0.102. The zero-order valence-electron chi connectivity index (χ0n) is 9.99. The first-order valence-corrected chi connectivity index (χ1v) is 6.10. The molecule has 4 nitrogen and oxygen atoms in total. The second kappa shape index (κ2) is 5.27. The van der Waals surface area contributed by atoms with Crippen LogP contribution >= 0.6 is 15.9 Å². The summed E-state index contributed by atoms with van der Waals surface area (Å²) in [5, 5.41) is 2.79. The van der Waals surface area contributed by atoms with Crippen molar-refractivity contribution in [1.82, 2.24) is 0 Å². The quantitative estimate of drug-likeness (QED) is 0.942. The van der Waals surface area contributed by atoms with Crippen molar-refractivity contribution >= 4 is 27.5 Å². The van der Waals surface area contributed by atoms with Crippen molar-refractivity contribution in [1.29, 1.82) is 0 Å². The van der Waals surface area contributed by atoms with Gasteiger partial charge in [-0.3, -0.25) is 4.79 Å². The summed E-state index contributed by atoms with van der Waals surface area (Å²) < 4.78 is 10.6. The molecule has 94 valence electrons. The number of amides is 1. The summed E-state index contributed by atoms with van der Waals surface area (Å²) in [7, 11) is 1.56. The molecule has 0 fully saturated rings. The van der Waals surface area contributed by atoms with Crippen molar-refractivity contribution < 1.29 is 13.9 Å². The van der Waals surface area contributed by atoms with Gasteiger partial charge in [0, 0.05) is 0 Å². The molecule has 0 aliphatic rings. The summed E-state index contributed by atoms with van der Waals surface area (Å²) in [5.41, 5.74) is 2.12. The van der Waals surface area contributed by atoms with E-state index in [1.54, 1.807) is 13.2 Å². The Balaban J connectivity index is 2.27. The first-order chi connectivity index (χ1) is 8.61. The zero-order valence-corrected chi connectivity index (χ0v) is 11.6. The molecular formula is C13H12BrNO3. The molecule has 0 atom stereocenters. The number of carbonyl (C=O) groups excluding carboxylic acids is 1.